The van der Waals surface area contributed by atoms with Gasteiger partial charge in [0.25, 0.3) is 0 Å². The number of ether oxygens (including phenoxy) is 2. The Morgan fingerprint density at radius 1 is 0.867 bits per heavy atom. The molecule has 3 nitrogen and oxygen atoms in total. The highest BCUT2D eigenvalue weighted by molar-refractivity contribution is 7.22. The molecule has 0 aliphatic rings. The smallest absolute Gasteiger partial charge is 0.195 e. The highest BCUT2D eigenvalue weighted by Crippen LogP contribution is 2.41. The standard InChI is InChI=1S/C26H22O3S/c1-4-5-17-6-8-18(9-7-17)25(27)24-22-15-14-21(29-3)16-23(22)30-26(24)19-10-12-20(28-2)13-11-19/h4-16H,1-3H3/b5-4+. The summed E-state index contributed by atoms with van der Waals surface area (Å²) < 4.78 is 11.7. The molecular weight excluding hydrogens is 392 g/mol. The lowest BCUT2D eigenvalue weighted by Crippen LogP contribution is -2.02. The summed E-state index contributed by atoms with van der Waals surface area (Å²) in [7, 11) is 3.30. The second-order valence-corrected chi connectivity index (χ2v) is 7.90. The number of carbonyl (C=O) groups is 1. The second-order valence-electron chi connectivity index (χ2n) is 6.85. The van der Waals surface area contributed by atoms with Crippen molar-refractivity contribution in [1.29, 1.82) is 0 Å². The van der Waals surface area contributed by atoms with Crippen LogP contribution in [0.3, 0.4) is 0 Å². The summed E-state index contributed by atoms with van der Waals surface area (Å²) in [6.07, 6.45) is 4.00. The summed E-state index contributed by atoms with van der Waals surface area (Å²) in [5, 5.41) is 0.939. The van der Waals surface area contributed by atoms with Gasteiger partial charge in [-0.25, -0.2) is 0 Å². The molecule has 4 rings (SSSR count). The number of hydrogen-bond donors (Lipinski definition) is 0. The molecule has 4 aromatic rings. The van der Waals surface area contributed by atoms with Crippen molar-refractivity contribution in [2.24, 2.45) is 0 Å². The van der Waals surface area contributed by atoms with E-state index in [1.807, 2.05) is 85.8 Å². The van der Waals surface area contributed by atoms with E-state index in [9.17, 15) is 4.79 Å². The lowest BCUT2D eigenvalue weighted by atomic mass is 9.97. The topological polar surface area (TPSA) is 35.5 Å². The molecule has 0 atom stereocenters. The molecule has 1 heterocycles. The summed E-state index contributed by atoms with van der Waals surface area (Å²) in [6, 6.07) is 21.4. The first-order valence-electron chi connectivity index (χ1n) is 9.67. The molecule has 0 aliphatic heterocycles. The van der Waals surface area contributed by atoms with E-state index in [2.05, 4.69) is 0 Å². The fraction of sp³-hybridized carbons (Fsp3) is 0.115. The van der Waals surface area contributed by atoms with Gasteiger partial charge < -0.3 is 9.47 Å². The lowest BCUT2D eigenvalue weighted by Gasteiger charge is -2.07. The molecule has 150 valence electrons. The van der Waals surface area contributed by atoms with Gasteiger partial charge in [-0.1, -0.05) is 36.4 Å². The average molecular weight is 415 g/mol. The monoisotopic (exact) mass is 414 g/mol. The van der Waals surface area contributed by atoms with Crippen LogP contribution in [0.25, 0.3) is 26.6 Å². The molecule has 0 spiro atoms. The van der Waals surface area contributed by atoms with Crippen molar-refractivity contribution in [2.75, 3.05) is 14.2 Å². The molecule has 0 saturated carbocycles. The Bertz CT molecular complexity index is 1220. The summed E-state index contributed by atoms with van der Waals surface area (Å²) in [4.78, 5) is 14.5. The van der Waals surface area contributed by atoms with Crippen molar-refractivity contribution in [1.82, 2.24) is 0 Å². The van der Waals surface area contributed by atoms with E-state index in [1.54, 1.807) is 25.6 Å². The van der Waals surface area contributed by atoms with Gasteiger partial charge in [0.15, 0.2) is 5.78 Å². The van der Waals surface area contributed by atoms with Crippen LogP contribution in [0.1, 0.15) is 28.4 Å². The van der Waals surface area contributed by atoms with E-state index in [4.69, 9.17) is 9.47 Å². The minimum Gasteiger partial charge on any atom is -0.497 e. The van der Waals surface area contributed by atoms with Crippen molar-refractivity contribution in [3.63, 3.8) is 0 Å². The molecule has 4 heteroatoms. The molecule has 0 radical (unpaired) electrons. The Morgan fingerprint density at radius 3 is 2.17 bits per heavy atom. The molecular formula is C26H22O3S. The van der Waals surface area contributed by atoms with Gasteiger partial charge in [-0.05, 0) is 60.5 Å². The Balaban J connectivity index is 1.88. The summed E-state index contributed by atoms with van der Waals surface area (Å²) in [5.41, 5.74) is 3.46. The third-order valence-corrected chi connectivity index (χ3v) is 6.21. The fourth-order valence-electron chi connectivity index (χ4n) is 3.46. The van der Waals surface area contributed by atoms with Crippen molar-refractivity contribution in [2.45, 2.75) is 6.92 Å². The SMILES string of the molecule is C/C=C/c1ccc(C(=O)c2c(-c3ccc(OC)cc3)sc3cc(OC)ccc23)cc1. The molecule has 0 bridgehead atoms. The molecule has 30 heavy (non-hydrogen) atoms. The van der Waals surface area contributed by atoms with Gasteiger partial charge in [0.1, 0.15) is 11.5 Å². The number of benzene rings is 3. The van der Waals surface area contributed by atoms with Crippen LogP contribution in [-0.4, -0.2) is 20.0 Å². The first kappa shape index (κ1) is 19.9. The molecule has 0 fully saturated rings. The van der Waals surface area contributed by atoms with E-state index in [0.29, 0.717) is 5.56 Å². The molecule has 1 aromatic heterocycles. The zero-order valence-electron chi connectivity index (χ0n) is 17.1. The number of rotatable bonds is 6. The normalized spacial score (nSPS) is 11.2. The minimum atomic E-state index is 0.0178. The predicted octanol–water partition coefficient (Wildman–Crippen LogP) is 6.85. The van der Waals surface area contributed by atoms with Gasteiger partial charge >= 0.3 is 0 Å². The Hall–Kier alpha value is -3.37. The third kappa shape index (κ3) is 3.74. The van der Waals surface area contributed by atoms with Crippen molar-refractivity contribution < 1.29 is 14.3 Å². The largest absolute Gasteiger partial charge is 0.497 e. The van der Waals surface area contributed by atoms with Crippen LogP contribution in [0.2, 0.25) is 0 Å². The third-order valence-electron chi connectivity index (χ3n) is 5.01. The van der Waals surface area contributed by atoms with Gasteiger partial charge in [-0.3, -0.25) is 4.79 Å². The molecule has 0 amide bonds. The number of allylic oxidation sites excluding steroid dienone is 1. The Kier molecular flexibility index (Phi) is 5.68. The number of fused-ring (bicyclic) bond motifs is 1. The molecule has 0 saturated heterocycles. The van der Waals surface area contributed by atoms with Crippen LogP contribution in [0.15, 0.2) is 72.8 Å². The maximum Gasteiger partial charge on any atom is 0.195 e. The number of carbonyl (C=O) groups excluding carboxylic acids is 1. The van der Waals surface area contributed by atoms with Gasteiger partial charge in [-0.15, -0.1) is 11.3 Å². The molecule has 0 unspecified atom stereocenters. The zero-order valence-corrected chi connectivity index (χ0v) is 18.0. The quantitative estimate of drug-likeness (QED) is 0.324. The summed E-state index contributed by atoms with van der Waals surface area (Å²) >= 11 is 1.60. The van der Waals surface area contributed by atoms with Crippen LogP contribution in [-0.2, 0) is 0 Å². The van der Waals surface area contributed by atoms with Crippen molar-refractivity contribution >= 4 is 33.3 Å². The van der Waals surface area contributed by atoms with Gasteiger partial charge in [0, 0.05) is 26.1 Å². The van der Waals surface area contributed by atoms with Crippen LogP contribution in [0.4, 0.5) is 0 Å². The lowest BCUT2D eigenvalue weighted by molar-refractivity contribution is 0.104. The van der Waals surface area contributed by atoms with Gasteiger partial charge in [-0.2, -0.15) is 0 Å². The van der Waals surface area contributed by atoms with E-state index in [-0.39, 0.29) is 5.78 Å². The van der Waals surface area contributed by atoms with Crippen LogP contribution in [0, 0.1) is 0 Å². The number of ketones is 1. The van der Waals surface area contributed by atoms with Gasteiger partial charge in [0.05, 0.1) is 14.2 Å². The van der Waals surface area contributed by atoms with Crippen molar-refractivity contribution in [3.05, 3.63) is 89.5 Å². The summed E-state index contributed by atoms with van der Waals surface area (Å²) in [6.45, 7) is 1.98. The highest BCUT2D eigenvalue weighted by Gasteiger charge is 2.22. The Labute approximate surface area is 180 Å². The predicted molar refractivity (Wildman–Crippen MR) is 125 cm³/mol. The zero-order chi connectivity index (χ0) is 21.1. The highest BCUT2D eigenvalue weighted by atomic mass is 32.1. The Morgan fingerprint density at radius 2 is 1.53 bits per heavy atom. The molecule has 0 N–H and O–H groups in total. The molecule has 3 aromatic carbocycles. The number of hydrogen-bond acceptors (Lipinski definition) is 4. The first-order chi connectivity index (χ1) is 14.6. The van der Waals surface area contributed by atoms with Crippen LogP contribution < -0.4 is 9.47 Å². The van der Waals surface area contributed by atoms with Gasteiger partial charge in [0.2, 0.25) is 0 Å². The first-order valence-corrected chi connectivity index (χ1v) is 10.5. The van der Waals surface area contributed by atoms with E-state index < -0.39 is 0 Å². The summed E-state index contributed by atoms with van der Waals surface area (Å²) in [5.74, 6) is 1.58. The van der Waals surface area contributed by atoms with Crippen molar-refractivity contribution in [3.8, 4) is 21.9 Å². The fourth-order valence-corrected chi connectivity index (χ4v) is 4.69. The maximum absolute atomic E-state index is 13.6. The van der Waals surface area contributed by atoms with E-state index in [0.717, 1.165) is 43.2 Å². The average Bonchev–Trinajstić information content (AvgIpc) is 3.18. The number of methoxy groups -OCH3 is 2. The number of thiophene rings is 1. The maximum atomic E-state index is 13.6. The minimum absolute atomic E-state index is 0.0178. The van der Waals surface area contributed by atoms with E-state index in [1.165, 1.54) is 0 Å². The van der Waals surface area contributed by atoms with E-state index >= 15 is 0 Å². The molecule has 0 aliphatic carbocycles. The van der Waals surface area contributed by atoms with Crippen LogP contribution >= 0.6 is 11.3 Å². The second kappa shape index (κ2) is 8.56. The van der Waals surface area contributed by atoms with Crippen LogP contribution in [0.5, 0.6) is 11.5 Å².